The lowest BCUT2D eigenvalue weighted by atomic mass is 9.98. The van der Waals surface area contributed by atoms with E-state index >= 15 is 0 Å². The Hall–Kier alpha value is -1.59. The van der Waals surface area contributed by atoms with Crippen molar-refractivity contribution in [3.63, 3.8) is 0 Å². The molecule has 3 rings (SSSR count). The van der Waals surface area contributed by atoms with E-state index < -0.39 is 0 Å². The van der Waals surface area contributed by atoms with E-state index in [4.69, 9.17) is 5.11 Å². The zero-order valence-electron chi connectivity index (χ0n) is 14.5. The summed E-state index contributed by atoms with van der Waals surface area (Å²) in [4.78, 5) is 16.6. The lowest BCUT2D eigenvalue weighted by molar-refractivity contribution is 0.173. The third kappa shape index (κ3) is 3.90. The SMILES string of the molecule is CCN(CCO)C(=O)N[C@@H]1CC[C@@H]2CN(Cc3ccccc3)C[C@H]21. The van der Waals surface area contributed by atoms with Crippen LogP contribution in [0.2, 0.25) is 0 Å². The van der Waals surface area contributed by atoms with Gasteiger partial charge < -0.3 is 15.3 Å². The average molecular weight is 331 g/mol. The number of amides is 2. The fraction of sp³-hybridized carbons (Fsp3) is 0.632. The van der Waals surface area contributed by atoms with Crippen LogP contribution < -0.4 is 5.32 Å². The number of aliphatic hydroxyl groups is 1. The Kier molecular flexibility index (Phi) is 5.74. The zero-order chi connectivity index (χ0) is 16.9. The Bertz CT molecular complexity index is 537. The molecule has 0 aromatic heterocycles. The summed E-state index contributed by atoms with van der Waals surface area (Å²) in [5.74, 6) is 1.26. The van der Waals surface area contributed by atoms with Gasteiger partial charge in [-0.05, 0) is 37.2 Å². The van der Waals surface area contributed by atoms with Gasteiger partial charge in [-0.25, -0.2) is 4.79 Å². The van der Waals surface area contributed by atoms with Gasteiger partial charge in [0.15, 0.2) is 0 Å². The van der Waals surface area contributed by atoms with Crippen LogP contribution in [-0.4, -0.2) is 59.8 Å². The van der Waals surface area contributed by atoms with E-state index in [1.807, 2.05) is 6.92 Å². The van der Waals surface area contributed by atoms with Crippen LogP contribution in [0.3, 0.4) is 0 Å². The van der Waals surface area contributed by atoms with Crippen molar-refractivity contribution in [2.24, 2.45) is 11.8 Å². The number of hydrogen-bond donors (Lipinski definition) is 2. The lowest BCUT2D eigenvalue weighted by Gasteiger charge is -2.26. The van der Waals surface area contributed by atoms with Crippen molar-refractivity contribution in [2.75, 3.05) is 32.8 Å². The Balaban J connectivity index is 1.54. The van der Waals surface area contributed by atoms with E-state index in [1.54, 1.807) is 4.90 Å². The summed E-state index contributed by atoms with van der Waals surface area (Å²) in [6.07, 6.45) is 2.28. The Morgan fingerprint density at radius 3 is 2.79 bits per heavy atom. The van der Waals surface area contributed by atoms with E-state index in [1.165, 1.54) is 12.0 Å². The minimum Gasteiger partial charge on any atom is -0.395 e. The van der Waals surface area contributed by atoms with E-state index in [9.17, 15) is 4.79 Å². The molecule has 5 heteroatoms. The molecule has 2 aliphatic rings. The molecule has 1 aromatic carbocycles. The Labute approximate surface area is 144 Å². The van der Waals surface area contributed by atoms with Gasteiger partial charge in [-0.1, -0.05) is 30.3 Å². The monoisotopic (exact) mass is 331 g/mol. The van der Waals surface area contributed by atoms with Crippen molar-refractivity contribution >= 4 is 6.03 Å². The van der Waals surface area contributed by atoms with Gasteiger partial charge >= 0.3 is 6.03 Å². The van der Waals surface area contributed by atoms with Crippen LogP contribution in [0.15, 0.2) is 30.3 Å². The zero-order valence-corrected chi connectivity index (χ0v) is 14.5. The van der Waals surface area contributed by atoms with Crippen LogP contribution in [0.1, 0.15) is 25.3 Å². The first-order chi connectivity index (χ1) is 11.7. The van der Waals surface area contributed by atoms with Gasteiger partial charge in [-0.3, -0.25) is 4.90 Å². The topological polar surface area (TPSA) is 55.8 Å². The maximum absolute atomic E-state index is 12.4. The van der Waals surface area contributed by atoms with Crippen molar-refractivity contribution in [1.29, 1.82) is 0 Å². The standard InChI is InChI=1S/C19H29N3O2/c1-2-22(10-11-23)19(24)20-18-9-8-16-13-21(14-17(16)18)12-15-6-4-3-5-7-15/h3-7,16-18,23H,2,8-14H2,1H3,(H,20,24)/t16-,17-,18-/m1/s1. The minimum absolute atomic E-state index is 0.0167. The highest BCUT2D eigenvalue weighted by molar-refractivity contribution is 5.74. The van der Waals surface area contributed by atoms with Crippen LogP contribution in [-0.2, 0) is 6.54 Å². The second-order valence-electron chi connectivity index (χ2n) is 7.04. The summed E-state index contributed by atoms with van der Waals surface area (Å²) in [7, 11) is 0. The molecular weight excluding hydrogens is 302 g/mol. The highest BCUT2D eigenvalue weighted by atomic mass is 16.3. The highest BCUT2D eigenvalue weighted by Crippen LogP contribution is 2.38. The van der Waals surface area contributed by atoms with Gasteiger partial charge in [0, 0.05) is 38.8 Å². The number of nitrogens with zero attached hydrogens (tertiary/aromatic N) is 2. The average Bonchev–Trinajstić information content (AvgIpc) is 3.15. The Morgan fingerprint density at radius 2 is 2.08 bits per heavy atom. The first kappa shape index (κ1) is 17.2. The number of aliphatic hydroxyl groups excluding tert-OH is 1. The fourth-order valence-corrected chi connectivity index (χ4v) is 4.28. The van der Waals surface area contributed by atoms with Gasteiger partial charge in [-0.2, -0.15) is 0 Å². The number of fused-ring (bicyclic) bond motifs is 1. The molecule has 0 bridgehead atoms. The van der Waals surface area contributed by atoms with Crippen LogP contribution in [0.25, 0.3) is 0 Å². The Morgan fingerprint density at radius 1 is 1.29 bits per heavy atom. The normalized spacial score (nSPS) is 26.3. The largest absolute Gasteiger partial charge is 0.395 e. The second-order valence-corrected chi connectivity index (χ2v) is 7.04. The summed E-state index contributed by atoms with van der Waals surface area (Å²) in [5.41, 5.74) is 1.36. The summed E-state index contributed by atoms with van der Waals surface area (Å²) in [5, 5.41) is 12.3. The van der Waals surface area contributed by atoms with Crippen molar-refractivity contribution in [1.82, 2.24) is 15.1 Å². The van der Waals surface area contributed by atoms with Gasteiger partial charge in [0.1, 0.15) is 0 Å². The molecule has 1 aromatic rings. The molecule has 2 fully saturated rings. The van der Waals surface area contributed by atoms with E-state index in [0.29, 0.717) is 24.9 Å². The van der Waals surface area contributed by atoms with Crippen LogP contribution in [0.5, 0.6) is 0 Å². The maximum Gasteiger partial charge on any atom is 0.317 e. The molecule has 1 heterocycles. The number of rotatable bonds is 6. The molecule has 24 heavy (non-hydrogen) atoms. The molecule has 5 nitrogen and oxygen atoms in total. The predicted octanol–water partition coefficient (Wildman–Crippen LogP) is 1.92. The molecule has 1 saturated carbocycles. The molecule has 1 saturated heterocycles. The van der Waals surface area contributed by atoms with Crippen LogP contribution in [0, 0.1) is 11.8 Å². The number of hydrogen-bond acceptors (Lipinski definition) is 3. The quantitative estimate of drug-likeness (QED) is 0.837. The number of nitrogens with one attached hydrogen (secondary N) is 1. The number of likely N-dealkylation sites (tertiary alicyclic amines) is 1. The van der Waals surface area contributed by atoms with Gasteiger partial charge in [0.05, 0.1) is 6.61 Å². The van der Waals surface area contributed by atoms with Gasteiger partial charge in [0.2, 0.25) is 0 Å². The number of carbonyl (C=O) groups excluding carboxylic acids is 1. The van der Waals surface area contributed by atoms with E-state index in [0.717, 1.165) is 26.1 Å². The predicted molar refractivity (Wildman–Crippen MR) is 94.6 cm³/mol. The maximum atomic E-state index is 12.4. The van der Waals surface area contributed by atoms with Gasteiger partial charge in [0.25, 0.3) is 0 Å². The van der Waals surface area contributed by atoms with Crippen molar-refractivity contribution in [3.05, 3.63) is 35.9 Å². The lowest BCUT2D eigenvalue weighted by Crippen LogP contribution is -2.47. The molecular formula is C19H29N3O2. The number of likely N-dealkylation sites (N-methyl/N-ethyl adjacent to an activating group) is 1. The third-order valence-corrected chi connectivity index (χ3v) is 5.53. The summed E-state index contributed by atoms with van der Waals surface area (Å²) in [6, 6.07) is 10.9. The molecule has 2 amide bonds. The number of carbonyl (C=O) groups is 1. The van der Waals surface area contributed by atoms with Crippen LogP contribution in [0.4, 0.5) is 4.79 Å². The summed E-state index contributed by atoms with van der Waals surface area (Å²) >= 11 is 0. The molecule has 2 N–H and O–H groups in total. The second kappa shape index (κ2) is 7.99. The van der Waals surface area contributed by atoms with Crippen molar-refractivity contribution in [2.45, 2.75) is 32.4 Å². The molecule has 1 aliphatic heterocycles. The van der Waals surface area contributed by atoms with Crippen LogP contribution >= 0.6 is 0 Å². The smallest absolute Gasteiger partial charge is 0.317 e. The molecule has 132 valence electrons. The van der Waals surface area contributed by atoms with E-state index in [-0.39, 0.29) is 18.7 Å². The van der Waals surface area contributed by atoms with Crippen molar-refractivity contribution < 1.29 is 9.90 Å². The fourth-order valence-electron chi connectivity index (χ4n) is 4.28. The first-order valence-corrected chi connectivity index (χ1v) is 9.13. The molecule has 0 radical (unpaired) electrons. The summed E-state index contributed by atoms with van der Waals surface area (Å²) in [6.45, 7) is 6.21. The number of urea groups is 1. The highest BCUT2D eigenvalue weighted by Gasteiger charge is 2.43. The van der Waals surface area contributed by atoms with Gasteiger partial charge in [-0.15, -0.1) is 0 Å². The molecule has 1 aliphatic carbocycles. The summed E-state index contributed by atoms with van der Waals surface area (Å²) < 4.78 is 0. The molecule has 0 unspecified atom stereocenters. The molecule has 0 spiro atoms. The minimum atomic E-state index is -0.0290. The molecule has 3 atom stereocenters. The van der Waals surface area contributed by atoms with E-state index in [2.05, 4.69) is 40.5 Å². The van der Waals surface area contributed by atoms with Crippen molar-refractivity contribution in [3.8, 4) is 0 Å². The number of benzene rings is 1. The first-order valence-electron chi connectivity index (χ1n) is 9.13. The third-order valence-electron chi connectivity index (χ3n) is 5.53.